The van der Waals surface area contributed by atoms with Crippen molar-refractivity contribution in [2.75, 3.05) is 6.67 Å². The largest absolute Gasteiger partial charge is 0.326 e. The molecule has 2 unspecified atom stereocenters. The Balaban J connectivity index is 2.02. The van der Waals surface area contributed by atoms with Gasteiger partial charge in [-0.1, -0.05) is 44.2 Å². The molecule has 0 radical (unpaired) electrons. The summed E-state index contributed by atoms with van der Waals surface area (Å²) in [5.41, 5.74) is 0.810. The van der Waals surface area contributed by atoms with Crippen molar-refractivity contribution in [3.8, 4) is 0 Å². The van der Waals surface area contributed by atoms with E-state index in [1.165, 1.54) is 4.90 Å². The van der Waals surface area contributed by atoms with E-state index >= 15 is 0 Å². The van der Waals surface area contributed by atoms with Crippen LogP contribution in [0.1, 0.15) is 32.4 Å². The average Bonchev–Trinajstić information content (AvgIpc) is 2.72. The van der Waals surface area contributed by atoms with Gasteiger partial charge in [-0.2, -0.15) is 0 Å². The Morgan fingerprint density at radius 1 is 1.20 bits per heavy atom. The zero-order chi connectivity index (χ0) is 14.7. The minimum Gasteiger partial charge on any atom is -0.322 e. The predicted octanol–water partition coefficient (Wildman–Crippen LogP) is 1.87. The molecule has 0 aromatic heterocycles. The van der Waals surface area contributed by atoms with Crippen molar-refractivity contribution in [2.24, 2.45) is 5.92 Å². The van der Waals surface area contributed by atoms with Gasteiger partial charge in [0.2, 0.25) is 0 Å². The van der Waals surface area contributed by atoms with Crippen LogP contribution < -0.4 is 10.6 Å². The molecule has 1 saturated heterocycles. The van der Waals surface area contributed by atoms with Crippen LogP contribution in [0.25, 0.3) is 0 Å². The highest BCUT2D eigenvalue weighted by atomic mass is 16.2. The predicted molar refractivity (Wildman–Crippen MR) is 76.9 cm³/mol. The first-order valence-electron chi connectivity index (χ1n) is 6.91. The molecule has 0 aliphatic carbocycles. The summed E-state index contributed by atoms with van der Waals surface area (Å²) >= 11 is 0. The molecule has 1 aliphatic heterocycles. The van der Waals surface area contributed by atoms with Gasteiger partial charge in [0, 0.05) is 6.04 Å². The van der Waals surface area contributed by atoms with Crippen molar-refractivity contribution in [2.45, 2.75) is 32.9 Å². The third-order valence-corrected chi connectivity index (χ3v) is 3.73. The van der Waals surface area contributed by atoms with Crippen LogP contribution in [0, 0.1) is 5.92 Å². The Kier molecular flexibility index (Phi) is 4.39. The van der Waals surface area contributed by atoms with E-state index in [0.717, 1.165) is 5.56 Å². The number of nitrogens with one attached hydrogen (secondary N) is 2. The van der Waals surface area contributed by atoms with Crippen LogP contribution in [0.2, 0.25) is 0 Å². The fraction of sp³-hybridized carbons (Fsp3) is 0.467. The first-order chi connectivity index (χ1) is 9.50. The summed E-state index contributed by atoms with van der Waals surface area (Å²) in [5, 5.41) is 5.92. The first-order valence-corrected chi connectivity index (χ1v) is 6.91. The van der Waals surface area contributed by atoms with Gasteiger partial charge in [-0.25, -0.2) is 9.69 Å². The number of urea groups is 1. The lowest BCUT2D eigenvalue weighted by molar-refractivity contribution is -0.127. The van der Waals surface area contributed by atoms with E-state index < -0.39 is 6.04 Å². The van der Waals surface area contributed by atoms with Gasteiger partial charge in [0.05, 0.1) is 6.67 Å². The summed E-state index contributed by atoms with van der Waals surface area (Å²) in [5.74, 6) is 0.241. The van der Waals surface area contributed by atoms with Gasteiger partial charge in [-0.05, 0) is 18.4 Å². The zero-order valence-electron chi connectivity index (χ0n) is 12.1. The lowest BCUT2D eigenvalue weighted by atomic mass is 10.1. The number of carbonyl (C=O) groups excluding carboxylic acids is 2. The molecule has 108 valence electrons. The number of carbonyl (C=O) groups is 2. The van der Waals surface area contributed by atoms with E-state index in [1.54, 1.807) is 0 Å². The SMILES string of the molecule is CC(C)C(C)NCN1C(=O)NC(c2ccccc2)C1=O. The van der Waals surface area contributed by atoms with Crippen LogP contribution in [0.5, 0.6) is 0 Å². The molecule has 1 fully saturated rings. The topological polar surface area (TPSA) is 61.4 Å². The van der Waals surface area contributed by atoms with Crippen molar-refractivity contribution in [1.82, 2.24) is 15.5 Å². The van der Waals surface area contributed by atoms with Gasteiger partial charge < -0.3 is 5.32 Å². The molecular formula is C15H21N3O2. The molecule has 2 rings (SSSR count). The number of hydrogen-bond donors (Lipinski definition) is 2. The van der Waals surface area contributed by atoms with E-state index in [1.807, 2.05) is 37.3 Å². The van der Waals surface area contributed by atoms with Crippen LogP contribution in [0.15, 0.2) is 30.3 Å². The molecular weight excluding hydrogens is 254 g/mol. The normalized spacial score (nSPS) is 20.4. The molecule has 0 bridgehead atoms. The summed E-state index contributed by atoms with van der Waals surface area (Å²) in [6, 6.07) is 8.62. The van der Waals surface area contributed by atoms with Crippen LogP contribution in [0.3, 0.4) is 0 Å². The van der Waals surface area contributed by atoms with Crippen molar-refractivity contribution < 1.29 is 9.59 Å². The van der Waals surface area contributed by atoms with Crippen LogP contribution in [0.4, 0.5) is 4.79 Å². The van der Waals surface area contributed by atoms with Crippen molar-refractivity contribution in [1.29, 1.82) is 0 Å². The number of hydrogen-bond acceptors (Lipinski definition) is 3. The maximum Gasteiger partial charge on any atom is 0.326 e. The van der Waals surface area contributed by atoms with Crippen LogP contribution >= 0.6 is 0 Å². The molecule has 1 aromatic rings. The monoisotopic (exact) mass is 275 g/mol. The molecule has 1 heterocycles. The average molecular weight is 275 g/mol. The Morgan fingerprint density at radius 2 is 1.85 bits per heavy atom. The smallest absolute Gasteiger partial charge is 0.322 e. The fourth-order valence-corrected chi connectivity index (χ4v) is 2.01. The first kappa shape index (κ1) is 14.5. The molecule has 2 N–H and O–H groups in total. The third kappa shape index (κ3) is 2.99. The van der Waals surface area contributed by atoms with Crippen LogP contribution in [-0.4, -0.2) is 29.5 Å². The molecule has 5 heteroatoms. The minimum absolute atomic E-state index is 0.204. The summed E-state index contributed by atoms with van der Waals surface area (Å²) in [7, 11) is 0. The highest BCUT2D eigenvalue weighted by Gasteiger charge is 2.38. The lowest BCUT2D eigenvalue weighted by Gasteiger charge is -2.21. The quantitative estimate of drug-likeness (QED) is 0.806. The second-order valence-corrected chi connectivity index (χ2v) is 5.45. The molecule has 0 spiro atoms. The van der Waals surface area contributed by atoms with Gasteiger partial charge in [-0.3, -0.25) is 10.1 Å². The summed E-state index contributed by atoms with van der Waals surface area (Å²) in [6.45, 7) is 6.47. The minimum atomic E-state index is -0.570. The number of imide groups is 1. The molecule has 1 aliphatic rings. The Labute approximate surface area is 119 Å². The molecule has 3 amide bonds. The van der Waals surface area contributed by atoms with Gasteiger partial charge in [0.1, 0.15) is 6.04 Å². The number of amides is 3. The number of benzene rings is 1. The molecule has 0 saturated carbocycles. The Bertz CT molecular complexity index is 487. The number of nitrogens with zero attached hydrogens (tertiary/aromatic N) is 1. The second-order valence-electron chi connectivity index (χ2n) is 5.45. The van der Waals surface area contributed by atoms with E-state index in [0.29, 0.717) is 5.92 Å². The van der Waals surface area contributed by atoms with E-state index in [2.05, 4.69) is 24.5 Å². The maximum atomic E-state index is 12.3. The fourth-order valence-electron chi connectivity index (χ4n) is 2.01. The van der Waals surface area contributed by atoms with E-state index in [9.17, 15) is 9.59 Å². The molecule has 20 heavy (non-hydrogen) atoms. The number of rotatable bonds is 5. The zero-order valence-corrected chi connectivity index (χ0v) is 12.1. The third-order valence-electron chi connectivity index (χ3n) is 3.73. The van der Waals surface area contributed by atoms with Gasteiger partial charge in [0.25, 0.3) is 5.91 Å². The molecule has 5 nitrogen and oxygen atoms in total. The van der Waals surface area contributed by atoms with Gasteiger partial charge in [-0.15, -0.1) is 0 Å². The molecule has 2 atom stereocenters. The van der Waals surface area contributed by atoms with Crippen molar-refractivity contribution in [3.63, 3.8) is 0 Å². The van der Waals surface area contributed by atoms with E-state index in [-0.39, 0.29) is 24.6 Å². The lowest BCUT2D eigenvalue weighted by Crippen LogP contribution is -2.43. The van der Waals surface area contributed by atoms with Gasteiger partial charge in [0.15, 0.2) is 0 Å². The van der Waals surface area contributed by atoms with E-state index in [4.69, 9.17) is 0 Å². The molecule has 1 aromatic carbocycles. The standard InChI is InChI=1S/C15H21N3O2/c1-10(2)11(3)16-9-18-14(19)13(17-15(18)20)12-7-5-4-6-8-12/h4-8,10-11,13,16H,9H2,1-3H3,(H,17,20). The second kappa shape index (κ2) is 6.05. The van der Waals surface area contributed by atoms with Gasteiger partial charge >= 0.3 is 6.03 Å². The highest BCUT2D eigenvalue weighted by Crippen LogP contribution is 2.21. The van der Waals surface area contributed by atoms with Crippen molar-refractivity contribution in [3.05, 3.63) is 35.9 Å². The van der Waals surface area contributed by atoms with Crippen molar-refractivity contribution >= 4 is 11.9 Å². The summed E-state index contributed by atoms with van der Waals surface area (Å²) in [6.07, 6.45) is 0. The Morgan fingerprint density at radius 3 is 2.45 bits per heavy atom. The Hall–Kier alpha value is -1.88. The van der Waals surface area contributed by atoms with Crippen LogP contribution in [-0.2, 0) is 4.79 Å². The highest BCUT2D eigenvalue weighted by molar-refractivity contribution is 6.04. The summed E-state index contributed by atoms with van der Waals surface area (Å²) in [4.78, 5) is 25.4. The summed E-state index contributed by atoms with van der Waals surface area (Å²) < 4.78 is 0. The maximum absolute atomic E-state index is 12.3.